The van der Waals surface area contributed by atoms with Gasteiger partial charge in [-0.3, -0.25) is 14.8 Å². The van der Waals surface area contributed by atoms with Crippen molar-refractivity contribution >= 4 is 41.1 Å². The maximum atomic E-state index is 14.2. The van der Waals surface area contributed by atoms with Gasteiger partial charge in [-0.25, -0.2) is 14.2 Å². The molecule has 1 atom stereocenters. The Morgan fingerprint density at radius 2 is 1.90 bits per heavy atom. The molecule has 13 heteroatoms. The summed E-state index contributed by atoms with van der Waals surface area (Å²) in [6.07, 6.45) is 5.42. The number of benzene rings is 1. The van der Waals surface area contributed by atoms with Gasteiger partial charge in [-0.2, -0.15) is 5.10 Å². The summed E-state index contributed by atoms with van der Waals surface area (Å²) in [5.41, 5.74) is 1.70. The van der Waals surface area contributed by atoms with Crippen LogP contribution >= 0.6 is 23.2 Å². The van der Waals surface area contributed by atoms with E-state index < -0.39 is 30.8 Å². The minimum Gasteiger partial charge on any atom is -0.482 e. The van der Waals surface area contributed by atoms with Crippen molar-refractivity contribution in [3.8, 4) is 16.9 Å². The largest absolute Gasteiger partial charge is 0.482 e. The molecule has 2 aromatic heterocycles. The molecule has 2 N–H and O–H groups in total. The lowest BCUT2D eigenvalue weighted by Gasteiger charge is -2.22. The third-order valence-corrected chi connectivity index (χ3v) is 7.06. The number of ether oxygens (including phenoxy) is 3. The summed E-state index contributed by atoms with van der Waals surface area (Å²) in [6, 6.07) is 4.51. The molecule has 214 valence electrons. The fraction of sp³-hybridized carbons (Fsp3) is 0.407. The summed E-state index contributed by atoms with van der Waals surface area (Å²) in [5.74, 6) is -1.37. The molecule has 0 bridgehead atoms. The summed E-state index contributed by atoms with van der Waals surface area (Å²) in [7, 11) is 0. The first-order chi connectivity index (χ1) is 19.1. The molecular weight excluding hydrogens is 564 g/mol. The molecule has 1 aliphatic rings. The van der Waals surface area contributed by atoms with E-state index in [-0.39, 0.29) is 39.1 Å². The van der Waals surface area contributed by atoms with Gasteiger partial charge >= 0.3 is 12.1 Å². The molecule has 0 radical (unpaired) electrons. The maximum Gasteiger partial charge on any atom is 0.415 e. The normalized spacial score (nSPS) is 14.6. The number of carbonyl (C=O) groups excluding carboxylic acids is 2. The van der Waals surface area contributed by atoms with Gasteiger partial charge < -0.3 is 19.5 Å². The number of pyridine rings is 1. The predicted molar refractivity (Wildman–Crippen MR) is 148 cm³/mol. The molecule has 10 nitrogen and oxygen atoms in total. The van der Waals surface area contributed by atoms with E-state index in [1.807, 2.05) is 10.9 Å². The fourth-order valence-corrected chi connectivity index (χ4v) is 4.83. The van der Waals surface area contributed by atoms with Crippen molar-refractivity contribution in [1.29, 1.82) is 0 Å². The van der Waals surface area contributed by atoms with Crippen molar-refractivity contribution in [2.24, 2.45) is 5.92 Å². The molecule has 3 heterocycles. The zero-order valence-electron chi connectivity index (χ0n) is 22.2. The smallest absolute Gasteiger partial charge is 0.415 e. The molecule has 4 rings (SSSR count). The highest BCUT2D eigenvalue weighted by atomic mass is 35.5. The van der Waals surface area contributed by atoms with Crippen molar-refractivity contribution in [3.05, 3.63) is 58.2 Å². The second-order valence-corrected chi connectivity index (χ2v) is 10.4. The summed E-state index contributed by atoms with van der Waals surface area (Å²) < 4.78 is 32.1. The van der Waals surface area contributed by atoms with Crippen LogP contribution in [-0.2, 0) is 14.3 Å². The number of carbonyl (C=O) groups is 2. The molecule has 0 saturated carbocycles. The Hall–Kier alpha value is -3.41. The lowest BCUT2D eigenvalue weighted by Crippen LogP contribution is -2.29. The average Bonchev–Trinajstić information content (AvgIpc) is 3.43. The second-order valence-electron chi connectivity index (χ2n) is 9.57. The third kappa shape index (κ3) is 7.21. The molecular formula is C27H30Cl2FN5O5. The summed E-state index contributed by atoms with van der Waals surface area (Å²) in [6.45, 7) is 6.24. The van der Waals surface area contributed by atoms with Gasteiger partial charge in [-0.15, -0.1) is 0 Å². The summed E-state index contributed by atoms with van der Waals surface area (Å²) >= 11 is 12.5. The zero-order chi connectivity index (χ0) is 28.8. The Morgan fingerprint density at radius 1 is 1.15 bits per heavy atom. The SMILES string of the molecule is CC(C)C(=O)OCOC(=O)Nc1ncc(-c2cnn(C3CCNCC3)c2)cc1O[C@H](C)c1c(Cl)ccc(F)c1Cl. The number of esters is 1. The number of piperidine rings is 1. The first kappa shape index (κ1) is 29.6. The minimum absolute atomic E-state index is 0.0187. The van der Waals surface area contributed by atoms with Gasteiger partial charge in [-0.05, 0) is 51.1 Å². The minimum atomic E-state index is -0.921. The van der Waals surface area contributed by atoms with Gasteiger partial charge in [0.25, 0.3) is 0 Å². The van der Waals surface area contributed by atoms with Crippen molar-refractivity contribution in [1.82, 2.24) is 20.1 Å². The third-order valence-electron chi connectivity index (χ3n) is 6.34. The van der Waals surface area contributed by atoms with Crippen molar-refractivity contribution in [2.75, 3.05) is 25.2 Å². The summed E-state index contributed by atoms with van der Waals surface area (Å²) in [5, 5.41) is 10.4. The molecule has 1 aromatic carbocycles. The first-order valence-electron chi connectivity index (χ1n) is 12.8. The summed E-state index contributed by atoms with van der Waals surface area (Å²) in [4.78, 5) is 28.4. The molecule has 1 saturated heterocycles. The van der Waals surface area contributed by atoms with Crippen LogP contribution in [0.3, 0.4) is 0 Å². The number of hydrogen-bond donors (Lipinski definition) is 2. The number of aromatic nitrogens is 3. The Bertz CT molecular complexity index is 1360. The molecule has 0 spiro atoms. The molecule has 40 heavy (non-hydrogen) atoms. The van der Waals surface area contributed by atoms with E-state index in [0.29, 0.717) is 5.56 Å². The number of amides is 1. The van der Waals surface area contributed by atoms with Gasteiger partial charge in [0.05, 0.1) is 23.2 Å². The molecule has 0 aliphatic carbocycles. The van der Waals surface area contributed by atoms with E-state index in [9.17, 15) is 14.0 Å². The maximum absolute atomic E-state index is 14.2. The van der Waals surface area contributed by atoms with Crippen LogP contribution in [0.25, 0.3) is 11.1 Å². The number of hydrogen-bond acceptors (Lipinski definition) is 8. The molecule has 1 fully saturated rings. The van der Waals surface area contributed by atoms with E-state index in [2.05, 4.69) is 20.7 Å². The number of nitrogens with zero attached hydrogens (tertiary/aromatic N) is 3. The van der Waals surface area contributed by atoms with Gasteiger partial charge in [0.15, 0.2) is 11.6 Å². The second kappa shape index (κ2) is 13.3. The Kier molecular flexibility index (Phi) is 9.83. The Morgan fingerprint density at radius 3 is 2.62 bits per heavy atom. The Balaban J connectivity index is 1.59. The predicted octanol–water partition coefficient (Wildman–Crippen LogP) is 6.16. The van der Waals surface area contributed by atoms with Crippen LogP contribution in [0.2, 0.25) is 10.0 Å². The zero-order valence-corrected chi connectivity index (χ0v) is 23.8. The number of rotatable bonds is 9. The number of anilines is 1. The van der Waals surface area contributed by atoms with E-state index in [4.69, 9.17) is 37.4 Å². The molecule has 1 aliphatic heterocycles. The van der Waals surface area contributed by atoms with Crippen molar-refractivity contribution in [2.45, 2.75) is 45.8 Å². The monoisotopic (exact) mass is 593 g/mol. The van der Waals surface area contributed by atoms with E-state index >= 15 is 0 Å². The topological polar surface area (TPSA) is 117 Å². The van der Waals surface area contributed by atoms with E-state index in [0.717, 1.165) is 37.6 Å². The standard InChI is InChI=1S/C27H30Cl2FN5O5/c1-15(2)26(36)38-14-39-27(37)34-25-22(40-16(3)23-20(28)4-5-21(30)24(23)29)10-17(11-32-25)18-12-33-35(13-18)19-6-8-31-9-7-19/h4-5,10-13,15-16,19,31H,6-9,14H2,1-3H3,(H,32,34,37)/t16-/m1/s1. The van der Waals surface area contributed by atoms with Crippen LogP contribution in [0.5, 0.6) is 5.75 Å². The van der Waals surface area contributed by atoms with Crippen LogP contribution in [0.1, 0.15) is 51.3 Å². The highest BCUT2D eigenvalue weighted by Crippen LogP contribution is 2.38. The highest BCUT2D eigenvalue weighted by Gasteiger charge is 2.22. The fourth-order valence-electron chi connectivity index (χ4n) is 4.15. The highest BCUT2D eigenvalue weighted by molar-refractivity contribution is 6.36. The number of halogens is 3. The van der Waals surface area contributed by atoms with Crippen LogP contribution in [-0.4, -0.2) is 46.7 Å². The molecule has 1 amide bonds. The van der Waals surface area contributed by atoms with Crippen LogP contribution in [0, 0.1) is 11.7 Å². The van der Waals surface area contributed by atoms with Gasteiger partial charge in [0, 0.05) is 34.1 Å². The lowest BCUT2D eigenvalue weighted by molar-refractivity contribution is -0.155. The van der Waals surface area contributed by atoms with Crippen molar-refractivity contribution in [3.63, 3.8) is 0 Å². The van der Waals surface area contributed by atoms with E-state index in [1.165, 1.54) is 6.07 Å². The van der Waals surface area contributed by atoms with Crippen LogP contribution in [0.15, 0.2) is 36.8 Å². The molecule has 0 unspecified atom stereocenters. The van der Waals surface area contributed by atoms with E-state index in [1.54, 1.807) is 39.2 Å². The lowest BCUT2D eigenvalue weighted by atomic mass is 10.1. The first-order valence-corrected chi connectivity index (χ1v) is 13.6. The average molecular weight is 594 g/mol. The van der Waals surface area contributed by atoms with Gasteiger partial charge in [-0.1, -0.05) is 37.0 Å². The van der Waals surface area contributed by atoms with Gasteiger partial charge in [0.2, 0.25) is 6.79 Å². The van der Waals surface area contributed by atoms with Gasteiger partial charge in [0.1, 0.15) is 11.9 Å². The Labute approximate surface area is 241 Å². The quantitative estimate of drug-likeness (QED) is 0.172. The number of nitrogens with one attached hydrogen (secondary N) is 2. The molecule has 3 aromatic rings. The van der Waals surface area contributed by atoms with Crippen LogP contribution < -0.4 is 15.4 Å². The van der Waals surface area contributed by atoms with Crippen molar-refractivity contribution < 1.29 is 28.2 Å². The van der Waals surface area contributed by atoms with Crippen LogP contribution in [0.4, 0.5) is 15.0 Å².